The maximum absolute atomic E-state index is 12.4. The summed E-state index contributed by atoms with van der Waals surface area (Å²) in [5.74, 6) is 0.949. The number of thiazole rings is 1. The van der Waals surface area contributed by atoms with Crippen LogP contribution in [0.15, 0.2) is 23.7 Å². The van der Waals surface area contributed by atoms with E-state index in [1.807, 2.05) is 12.4 Å². The van der Waals surface area contributed by atoms with Gasteiger partial charge >= 0.3 is 0 Å². The maximum atomic E-state index is 12.4. The van der Waals surface area contributed by atoms with Crippen LogP contribution >= 0.6 is 11.3 Å². The van der Waals surface area contributed by atoms with E-state index in [-0.39, 0.29) is 18.1 Å². The first-order valence-electron chi connectivity index (χ1n) is 10.1. The highest BCUT2D eigenvalue weighted by atomic mass is 32.1. The summed E-state index contributed by atoms with van der Waals surface area (Å²) in [4.78, 5) is 17.9. The Hall–Kier alpha value is -1.96. The zero-order chi connectivity index (χ0) is 19.3. The van der Waals surface area contributed by atoms with Crippen LogP contribution in [-0.4, -0.2) is 42.7 Å². The summed E-state index contributed by atoms with van der Waals surface area (Å²) >= 11 is 1.64. The lowest BCUT2D eigenvalue weighted by Gasteiger charge is -2.25. The van der Waals surface area contributed by atoms with E-state index in [9.17, 15) is 4.79 Å². The van der Waals surface area contributed by atoms with Crippen molar-refractivity contribution in [2.45, 2.75) is 51.3 Å². The van der Waals surface area contributed by atoms with Gasteiger partial charge in [0.15, 0.2) is 0 Å². The average molecular weight is 401 g/mol. The van der Waals surface area contributed by atoms with E-state index in [1.165, 1.54) is 4.88 Å². The van der Waals surface area contributed by atoms with Gasteiger partial charge in [-0.25, -0.2) is 4.98 Å². The topological polar surface area (TPSA) is 75.3 Å². The number of hydrogen-bond donors (Lipinski definition) is 3. The fraction of sp³-hybridized carbons (Fsp3) is 0.524. The molecule has 2 fully saturated rings. The van der Waals surface area contributed by atoms with Gasteiger partial charge in [0.1, 0.15) is 11.9 Å². The van der Waals surface area contributed by atoms with E-state index in [2.05, 4.69) is 39.1 Å². The summed E-state index contributed by atoms with van der Waals surface area (Å²) < 4.78 is 6.40. The highest BCUT2D eigenvalue weighted by molar-refractivity contribution is 7.13. The molecule has 1 amide bonds. The summed E-state index contributed by atoms with van der Waals surface area (Å²) in [6.45, 7) is 5.40. The number of amides is 1. The summed E-state index contributed by atoms with van der Waals surface area (Å²) in [5, 5.41) is 9.71. The minimum absolute atomic E-state index is 0.0621. The van der Waals surface area contributed by atoms with Crippen molar-refractivity contribution in [3.8, 4) is 16.2 Å². The van der Waals surface area contributed by atoms with Crippen LogP contribution in [0.25, 0.3) is 10.4 Å². The molecular weight excluding hydrogens is 372 g/mol. The van der Waals surface area contributed by atoms with E-state index in [1.54, 1.807) is 11.3 Å². The number of carbonyl (C=O) groups excluding carboxylic acids is 1. The third-order valence-electron chi connectivity index (χ3n) is 5.48. The molecule has 0 spiro atoms. The lowest BCUT2D eigenvalue weighted by Crippen LogP contribution is -2.40. The Morgan fingerprint density at radius 2 is 2.14 bits per heavy atom. The molecule has 3 N–H and O–H groups in total. The van der Waals surface area contributed by atoms with Crippen molar-refractivity contribution in [3.05, 3.63) is 35.0 Å². The molecule has 0 saturated carbocycles. The van der Waals surface area contributed by atoms with Gasteiger partial charge in [-0.05, 0) is 63.9 Å². The minimum atomic E-state index is -0.0621. The number of piperidine rings is 1. The Labute approximate surface area is 170 Å². The van der Waals surface area contributed by atoms with Crippen molar-refractivity contribution in [1.29, 1.82) is 0 Å². The first-order chi connectivity index (χ1) is 13.7. The number of ether oxygens (including phenoxy) is 1. The van der Waals surface area contributed by atoms with E-state index >= 15 is 0 Å². The van der Waals surface area contributed by atoms with Gasteiger partial charge < -0.3 is 20.7 Å². The molecule has 2 aliphatic heterocycles. The lowest BCUT2D eigenvalue weighted by molar-refractivity contribution is -0.122. The Kier molecular flexibility index (Phi) is 6.24. The van der Waals surface area contributed by atoms with Crippen molar-refractivity contribution in [3.63, 3.8) is 0 Å². The summed E-state index contributed by atoms with van der Waals surface area (Å²) in [5.41, 5.74) is 5.05. The summed E-state index contributed by atoms with van der Waals surface area (Å²) in [7, 11) is 0. The second-order valence-corrected chi connectivity index (χ2v) is 8.38. The highest BCUT2D eigenvalue weighted by Gasteiger charge is 2.22. The Morgan fingerprint density at radius 1 is 1.29 bits per heavy atom. The zero-order valence-electron chi connectivity index (χ0n) is 16.3. The standard InChI is InChI=1S/C21H28N4O2S/c1-14-20(28-13-25-14)15-4-5-16(12-24-21(26)18-3-2-8-23-18)19(11-15)27-17-6-9-22-10-7-17/h4-5,11,13,17-18,22-23H,2-3,6-10,12H2,1H3,(H,24,26). The molecule has 1 aromatic carbocycles. The van der Waals surface area contributed by atoms with Crippen molar-refractivity contribution < 1.29 is 9.53 Å². The van der Waals surface area contributed by atoms with Gasteiger partial charge in [-0.2, -0.15) is 0 Å². The highest BCUT2D eigenvalue weighted by Crippen LogP contribution is 2.33. The second kappa shape index (κ2) is 9.03. The van der Waals surface area contributed by atoms with Crippen LogP contribution in [0.3, 0.4) is 0 Å². The molecule has 7 heteroatoms. The van der Waals surface area contributed by atoms with E-state index < -0.39 is 0 Å². The number of rotatable bonds is 6. The number of nitrogens with zero attached hydrogens (tertiary/aromatic N) is 1. The van der Waals surface area contributed by atoms with Crippen molar-refractivity contribution in [2.24, 2.45) is 0 Å². The second-order valence-electron chi connectivity index (χ2n) is 7.52. The molecule has 0 bridgehead atoms. The molecule has 0 radical (unpaired) electrons. The largest absolute Gasteiger partial charge is 0.490 e. The van der Waals surface area contributed by atoms with Gasteiger partial charge in [-0.3, -0.25) is 4.79 Å². The molecular formula is C21H28N4O2S. The van der Waals surface area contributed by atoms with Gasteiger partial charge in [0.25, 0.3) is 0 Å². The molecule has 1 aromatic heterocycles. The van der Waals surface area contributed by atoms with Crippen LogP contribution in [0.2, 0.25) is 0 Å². The normalized spacial score (nSPS) is 20.2. The van der Waals surface area contributed by atoms with E-state index in [0.29, 0.717) is 6.54 Å². The third kappa shape index (κ3) is 4.54. The molecule has 1 atom stereocenters. The number of aryl methyl sites for hydroxylation is 1. The molecule has 0 aliphatic carbocycles. The van der Waals surface area contributed by atoms with E-state index in [4.69, 9.17) is 4.74 Å². The monoisotopic (exact) mass is 400 g/mol. The van der Waals surface area contributed by atoms with Crippen molar-refractivity contribution in [2.75, 3.05) is 19.6 Å². The molecule has 28 heavy (non-hydrogen) atoms. The molecule has 2 aromatic rings. The van der Waals surface area contributed by atoms with Crippen LogP contribution in [0.5, 0.6) is 5.75 Å². The molecule has 3 heterocycles. The molecule has 150 valence electrons. The maximum Gasteiger partial charge on any atom is 0.237 e. The minimum Gasteiger partial charge on any atom is -0.490 e. The van der Waals surface area contributed by atoms with Crippen LogP contribution < -0.4 is 20.7 Å². The summed E-state index contributed by atoms with van der Waals surface area (Å²) in [6.07, 6.45) is 4.19. The quantitative estimate of drug-likeness (QED) is 0.695. The first kappa shape index (κ1) is 19.4. The van der Waals surface area contributed by atoms with Gasteiger partial charge in [0, 0.05) is 12.1 Å². The molecule has 1 unspecified atom stereocenters. The van der Waals surface area contributed by atoms with Crippen LogP contribution in [0.4, 0.5) is 0 Å². The Morgan fingerprint density at radius 3 is 2.86 bits per heavy atom. The van der Waals surface area contributed by atoms with Crippen LogP contribution in [-0.2, 0) is 11.3 Å². The molecule has 6 nitrogen and oxygen atoms in total. The summed E-state index contributed by atoms with van der Waals surface area (Å²) in [6, 6.07) is 6.23. The molecule has 2 saturated heterocycles. The predicted molar refractivity (Wildman–Crippen MR) is 112 cm³/mol. The predicted octanol–water partition coefficient (Wildman–Crippen LogP) is 2.62. The van der Waals surface area contributed by atoms with Crippen molar-refractivity contribution in [1.82, 2.24) is 20.9 Å². The lowest BCUT2D eigenvalue weighted by atomic mass is 10.1. The molecule has 4 rings (SSSR count). The Balaban J connectivity index is 1.53. The number of nitrogens with one attached hydrogen (secondary N) is 3. The number of hydrogen-bond acceptors (Lipinski definition) is 6. The van der Waals surface area contributed by atoms with Crippen LogP contribution in [0, 0.1) is 6.92 Å². The number of aromatic nitrogens is 1. The smallest absolute Gasteiger partial charge is 0.237 e. The van der Waals surface area contributed by atoms with Gasteiger partial charge in [0.05, 0.1) is 22.1 Å². The SMILES string of the molecule is Cc1ncsc1-c1ccc(CNC(=O)C2CCCN2)c(OC2CCNCC2)c1. The first-order valence-corrected chi connectivity index (χ1v) is 11.0. The third-order valence-corrected chi connectivity index (χ3v) is 6.46. The van der Waals surface area contributed by atoms with Gasteiger partial charge in [0.2, 0.25) is 5.91 Å². The van der Waals surface area contributed by atoms with Gasteiger partial charge in [-0.15, -0.1) is 11.3 Å². The van der Waals surface area contributed by atoms with Crippen molar-refractivity contribution >= 4 is 17.2 Å². The Bertz CT molecular complexity index is 810. The average Bonchev–Trinajstić information content (AvgIpc) is 3.39. The number of benzene rings is 1. The van der Waals surface area contributed by atoms with E-state index in [0.717, 1.165) is 67.9 Å². The molecule has 2 aliphatic rings. The van der Waals surface area contributed by atoms with Gasteiger partial charge in [-0.1, -0.05) is 12.1 Å². The fourth-order valence-corrected chi connectivity index (χ4v) is 4.64. The zero-order valence-corrected chi connectivity index (χ0v) is 17.1. The fourth-order valence-electron chi connectivity index (χ4n) is 3.84. The number of carbonyl (C=O) groups is 1. The van der Waals surface area contributed by atoms with Crippen LogP contribution in [0.1, 0.15) is 36.9 Å².